The van der Waals surface area contributed by atoms with Gasteiger partial charge in [0, 0.05) is 10.5 Å². The average Bonchev–Trinajstić information content (AvgIpc) is 2.69. The molecule has 0 aliphatic carbocycles. The van der Waals surface area contributed by atoms with Crippen molar-refractivity contribution in [3.8, 4) is 5.69 Å². The number of benzene rings is 2. The summed E-state index contributed by atoms with van der Waals surface area (Å²) in [5.41, 5.74) is 1.76. The Labute approximate surface area is 134 Å². The number of rotatable bonds is 1. The van der Waals surface area contributed by atoms with Gasteiger partial charge in [-0.05, 0) is 68.3 Å². The predicted molar refractivity (Wildman–Crippen MR) is 83.8 cm³/mol. The van der Waals surface area contributed by atoms with Crippen LogP contribution in [0.4, 0.5) is 8.78 Å². The summed E-state index contributed by atoms with van der Waals surface area (Å²) in [5, 5.41) is 0. The molecule has 7 heteroatoms. The Bertz CT molecular complexity index is 886. The fourth-order valence-corrected chi connectivity index (χ4v) is 3.06. The molecule has 3 aromatic rings. The molecule has 102 valence electrons. The van der Waals surface area contributed by atoms with Gasteiger partial charge >= 0.3 is 0 Å². The van der Waals surface area contributed by atoms with E-state index in [1.807, 2.05) is 0 Å². The molecule has 0 radical (unpaired) electrons. The van der Waals surface area contributed by atoms with Crippen LogP contribution in [-0.2, 0) is 0 Å². The number of hydrogen-bond acceptors (Lipinski definition) is 1. The Balaban J connectivity index is 2.42. The fraction of sp³-hybridized carbons (Fsp3) is 0. The second-order valence-electron chi connectivity index (χ2n) is 4.14. The maximum atomic E-state index is 13.6. The molecule has 3 rings (SSSR count). The summed E-state index contributed by atoms with van der Waals surface area (Å²) in [5.74, 6) is -0.764. The van der Waals surface area contributed by atoms with Crippen molar-refractivity contribution in [3.63, 3.8) is 0 Å². The first-order valence-corrected chi connectivity index (χ1v) is 7.52. The quantitative estimate of drug-likeness (QED) is 0.517. The van der Waals surface area contributed by atoms with E-state index >= 15 is 0 Å². The van der Waals surface area contributed by atoms with Crippen molar-refractivity contribution in [2.24, 2.45) is 0 Å². The molecule has 0 amide bonds. The van der Waals surface area contributed by atoms with Gasteiger partial charge in [-0.25, -0.2) is 8.78 Å². The molecule has 0 aliphatic heterocycles. The molecule has 0 spiro atoms. The molecule has 0 bridgehead atoms. The van der Waals surface area contributed by atoms with Crippen molar-refractivity contribution in [2.45, 2.75) is 0 Å². The number of H-pyrrole nitrogens is 1. The van der Waals surface area contributed by atoms with E-state index in [2.05, 4.69) is 36.8 Å². The van der Waals surface area contributed by atoms with Crippen LogP contribution in [-0.4, -0.2) is 9.55 Å². The van der Waals surface area contributed by atoms with Gasteiger partial charge in [0.2, 0.25) is 0 Å². The number of imidazole rings is 1. The summed E-state index contributed by atoms with van der Waals surface area (Å²) in [6, 6.07) is 7.27. The van der Waals surface area contributed by atoms with E-state index in [0.29, 0.717) is 30.4 Å². The molecular formula is C13H6Br2F2N2S. The summed E-state index contributed by atoms with van der Waals surface area (Å²) in [6.45, 7) is 0. The van der Waals surface area contributed by atoms with E-state index in [4.69, 9.17) is 12.2 Å². The van der Waals surface area contributed by atoms with Gasteiger partial charge in [-0.2, -0.15) is 0 Å². The van der Waals surface area contributed by atoms with E-state index < -0.39 is 0 Å². The van der Waals surface area contributed by atoms with Gasteiger partial charge in [-0.15, -0.1) is 0 Å². The van der Waals surface area contributed by atoms with Gasteiger partial charge < -0.3 is 4.98 Å². The van der Waals surface area contributed by atoms with E-state index in [-0.39, 0.29) is 11.6 Å². The zero-order chi connectivity index (χ0) is 14.4. The molecule has 1 heterocycles. The number of nitrogens with zero attached hydrogens (tertiary/aromatic N) is 1. The number of fused-ring (bicyclic) bond motifs is 1. The molecular weight excluding hydrogens is 414 g/mol. The van der Waals surface area contributed by atoms with Crippen LogP contribution in [0.25, 0.3) is 16.7 Å². The Morgan fingerprint density at radius 3 is 2.55 bits per heavy atom. The van der Waals surface area contributed by atoms with Gasteiger partial charge in [-0.3, -0.25) is 4.57 Å². The standard InChI is InChI=1S/C13H6Br2F2N2S/c14-7-2-1-6(16)3-11(7)19-12-4-8(15)9(17)5-10(12)18-13(19)20/h1-5H,(H,18,20). The maximum Gasteiger partial charge on any atom is 0.182 e. The van der Waals surface area contributed by atoms with Crippen molar-refractivity contribution in [1.29, 1.82) is 0 Å². The number of aromatic amines is 1. The number of halogens is 4. The normalized spacial score (nSPS) is 11.2. The van der Waals surface area contributed by atoms with Crippen LogP contribution in [0.15, 0.2) is 39.3 Å². The first kappa shape index (κ1) is 13.9. The summed E-state index contributed by atoms with van der Waals surface area (Å²) in [7, 11) is 0. The Hall–Kier alpha value is -1.05. The van der Waals surface area contributed by atoms with Crippen molar-refractivity contribution >= 4 is 55.1 Å². The zero-order valence-corrected chi connectivity index (χ0v) is 13.7. The maximum absolute atomic E-state index is 13.6. The second-order valence-corrected chi connectivity index (χ2v) is 6.24. The average molecular weight is 420 g/mol. The van der Waals surface area contributed by atoms with Gasteiger partial charge in [0.05, 0.1) is 21.2 Å². The van der Waals surface area contributed by atoms with Crippen LogP contribution < -0.4 is 0 Å². The predicted octanol–water partition coefficient (Wildman–Crippen LogP) is 5.49. The monoisotopic (exact) mass is 418 g/mol. The summed E-state index contributed by atoms with van der Waals surface area (Å²) in [6.07, 6.45) is 0. The van der Waals surface area contributed by atoms with Crippen LogP contribution in [0, 0.1) is 16.4 Å². The molecule has 0 fully saturated rings. The minimum absolute atomic E-state index is 0.320. The number of nitrogens with one attached hydrogen (secondary N) is 1. The molecule has 1 aromatic heterocycles. The number of hydrogen-bond donors (Lipinski definition) is 1. The third-order valence-corrected chi connectivity index (χ3v) is 4.44. The lowest BCUT2D eigenvalue weighted by Crippen LogP contribution is -1.96. The van der Waals surface area contributed by atoms with Gasteiger partial charge in [0.1, 0.15) is 11.6 Å². The third-order valence-electron chi connectivity index (χ3n) is 2.87. The smallest absolute Gasteiger partial charge is 0.182 e. The highest BCUT2D eigenvalue weighted by molar-refractivity contribution is 9.10. The Morgan fingerprint density at radius 1 is 1.05 bits per heavy atom. The van der Waals surface area contributed by atoms with Crippen molar-refractivity contribution < 1.29 is 8.78 Å². The second kappa shape index (κ2) is 5.05. The minimum atomic E-state index is -0.390. The largest absolute Gasteiger partial charge is 0.330 e. The van der Waals surface area contributed by atoms with Crippen LogP contribution in [0.5, 0.6) is 0 Å². The van der Waals surface area contributed by atoms with Crippen molar-refractivity contribution in [2.75, 3.05) is 0 Å². The van der Waals surface area contributed by atoms with E-state index in [1.54, 1.807) is 16.7 Å². The molecule has 2 nitrogen and oxygen atoms in total. The molecule has 0 saturated carbocycles. The minimum Gasteiger partial charge on any atom is -0.330 e. The summed E-state index contributed by atoms with van der Waals surface area (Å²) < 4.78 is 30.1. The first-order chi connectivity index (χ1) is 9.47. The SMILES string of the molecule is Fc1ccc(Br)c(-n2c(=S)[nH]c3cc(F)c(Br)cc32)c1. The highest BCUT2D eigenvalue weighted by Crippen LogP contribution is 2.29. The van der Waals surface area contributed by atoms with Crippen LogP contribution in [0.2, 0.25) is 0 Å². The molecule has 1 N–H and O–H groups in total. The molecule has 0 atom stereocenters. The first-order valence-electron chi connectivity index (χ1n) is 5.52. The van der Waals surface area contributed by atoms with Gasteiger partial charge in [0.25, 0.3) is 0 Å². The van der Waals surface area contributed by atoms with Crippen LogP contribution >= 0.6 is 44.1 Å². The highest BCUT2D eigenvalue weighted by Gasteiger charge is 2.13. The van der Waals surface area contributed by atoms with Crippen LogP contribution in [0.3, 0.4) is 0 Å². The van der Waals surface area contributed by atoms with E-state index in [9.17, 15) is 8.78 Å². The van der Waals surface area contributed by atoms with E-state index in [1.165, 1.54) is 18.2 Å². The lowest BCUT2D eigenvalue weighted by atomic mass is 10.2. The molecule has 0 unspecified atom stereocenters. The molecule has 20 heavy (non-hydrogen) atoms. The summed E-state index contributed by atoms with van der Waals surface area (Å²) >= 11 is 11.8. The molecule has 0 aliphatic rings. The lowest BCUT2D eigenvalue weighted by molar-refractivity contribution is 0.622. The topological polar surface area (TPSA) is 20.7 Å². The van der Waals surface area contributed by atoms with E-state index in [0.717, 1.165) is 0 Å². The summed E-state index contributed by atoms with van der Waals surface area (Å²) in [4.78, 5) is 2.91. The lowest BCUT2D eigenvalue weighted by Gasteiger charge is -2.08. The molecule has 2 aromatic carbocycles. The molecule has 0 saturated heterocycles. The zero-order valence-electron chi connectivity index (χ0n) is 9.75. The third kappa shape index (κ3) is 2.23. The van der Waals surface area contributed by atoms with Crippen molar-refractivity contribution in [3.05, 3.63) is 55.7 Å². The van der Waals surface area contributed by atoms with Gasteiger partial charge in [0.15, 0.2) is 4.77 Å². The Kier molecular flexibility index (Phi) is 3.51. The number of aromatic nitrogens is 2. The highest BCUT2D eigenvalue weighted by atomic mass is 79.9. The van der Waals surface area contributed by atoms with Gasteiger partial charge in [-0.1, -0.05) is 0 Å². The fourth-order valence-electron chi connectivity index (χ4n) is 2.00. The van der Waals surface area contributed by atoms with Crippen molar-refractivity contribution in [1.82, 2.24) is 9.55 Å². The Morgan fingerprint density at radius 2 is 1.80 bits per heavy atom. The van der Waals surface area contributed by atoms with Crippen LogP contribution in [0.1, 0.15) is 0 Å².